The lowest BCUT2D eigenvalue weighted by molar-refractivity contribution is -0.0305. The van der Waals surface area contributed by atoms with E-state index in [4.69, 9.17) is 0 Å². The zero-order valence-electron chi connectivity index (χ0n) is 8.72. The highest BCUT2D eigenvalue weighted by atomic mass is 14.6. The molecule has 0 spiro atoms. The molecule has 0 aromatic carbocycles. The van der Waals surface area contributed by atoms with Gasteiger partial charge in [0, 0.05) is 0 Å². The van der Waals surface area contributed by atoms with Crippen LogP contribution >= 0.6 is 0 Å². The molecule has 2 unspecified atom stereocenters. The van der Waals surface area contributed by atoms with Gasteiger partial charge in [-0.1, -0.05) is 33.6 Å². The molecule has 0 amide bonds. The van der Waals surface area contributed by atoms with Gasteiger partial charge in [0.2, 0.25) is 0 Å². The zero-order chi connectivity index (χ0) is 8.72. The minimum atomic E-state index is 1.03. The molecule has 0 radical (unpaired) electrons. The quantitative estimate of drug-likeness (QED) is 0.599. The normalized spacial score (nSPS) is 47.2. The lowest BCUT2D eigenvalue weighted by Crippen LogP contribution is -2.45. The molecule has 0 saturated heterocycles. The number of hydrogen-bond acceptors (Lipinski definition) is 0. The van der Waals surface area contributed by atoms with Crippen LogP contribution in [0.2, 0.25) is 0 Å². The summed E-state index contributed by atoms with van der Waals surface area (Å²) in [5.74, 6) is 5.49. The van der Waals surface area contributed by atoms with E-state index in [2.05, 4.69) is 20.8 Å². The Hall–Kier alpha value is 0. The summed E-state index contributed by atoms with van der Waals surface area (Å²) in [6.07, 6.45) is 5.95. The van der Waals surface area contributed by atoms with Crippen LogP contribution in [-0.2, 0) is 0 Å². The van der Waals surface area contributed by atoms with Crippen LogP contribution in [0.15, 0.2) is 0 Å². The maximum Gasteiger partial charge on any atom is -0.0324 e. The second-order valence-electron chi connectivity index (χ2n) is 4.92. The molecule has 2 rings (SSSR count). The van der Waals surface area contributed by atoms with Gasteiger partial charge in [0.1, 0.15) is 0 Å². The molecule has 2 aliphatic rings. The molecular weight excluding hydrogens is 144 g/mol. The SMILES string of the molecule is CCC1C(C)C(CC)C1C1CC1. The van der Waals surface area contributed by atoms with Crippen LogP contribution in [0.1, 0.15) is 46.5 Å². The molecule has 0 N–H and O–H groups in total. The summed E-state index contributed by atoms with van der Waals surface area (Å²) in [4.78, 5) is 0. The Bertz CT molecular complexity index is 145. The molecular formula is C12H22. The van der Waals surface area contributed by atoms with Gasteiger partial charge in [0.15, 0.2) is 0 Å². The highest BCUT2D eigenvalue weighted by molar-refractivity contribution is 5.00. The van der Waals surface area contributed by atoms with Crippen molar-refractivity contribution in [2.45, 2.75) is 46.5 Å². The fourth-order valence-corrected chi connectivity index (χ4v) is 3.66. The van der Waals surface area contributed by atoms with Crippen molar-refractivity contribution in [3.63, 3.8) is 0 Å². The highest BCUT2D eigenvalue weighted by Gasteiger charge is 2.51. The van der Waals surface area contributed by atoms with Gasteiger partial charge in [-0.05, 0) is 42.4 Å². The van der Waals surface area contributed by atoms with E-state index in [0.717, 1.165) is 29.6 Å². The monoisotopic (exact) mass is 166 g/mol. The van der Waals surface area contributed by atoms with Crippen molar-refractivity contribution in [2.75, 3.05) is 0 Å². The molecule has 0 aromatic heterocycles. The molecule has 0 bridgehead atoms. The van der Waals surface area contributed by atoms with E-state index in [1.54, 1.807) is 12.8 Å². The molecule has 2 saturated carbocycles. The van der Waals surface area contributed by atoms with Crippen molar-refractivity contribution in [1.29, 1.82) is 0 Å². The van der Waals surface area contributed by atoms with Gasteiger partial charge in [0.25, 0.3) is 0 Å². The Morgan fingerprint density at radius 2 is 1.50 bits per heavy atom. The Labute approximate surface area is 76.7 Å². The fraction of sp³-hybridized carbons (Fsp3) is 1.00. The number of rotatable bonds is 3. The van der Waals surface area contributed by atoms with E-state index in [0.29, 0.717) is 0 Å². The summed E-state index contributed by atoms with van der Waals surface area (Å²) in [6.45, 7) is 7.23. The molecule has 2 fully saturated rings. The van der Waals surface area contributed by atoms with Crippen molar-refractivity contribution >= 4 is 0 Å². The van der Waals surface area contributed by atoms with Crippen LogP contribution in [-0.4, -0.2) is 0 Å². The summed E-state index contributed by atoms with van der Waals surface area (Å²) in [5.41, 5.74) is 0. The van der Waals surface area contributed by atoms with Crippen LogP contribution in [0.5, 0.6) is 0 Å². The van der Waals surface area contributed by atoms with Gasteiger partial charge >= 0.3 is 0 Å². The Kier molecular flexibility index (Phi) is 2.18. The molecule has 70 valence electrons. The minimum absolute atomic E-state index is 1.03. The van der Waals surface area contributed by atoms with E-state index < -0.39 is 0 Å². The standard InChI is InChI=1S/C12H22/c1-4-10-8(3)11(5-2)12(10)9-6-7-9/h8-12H,4-7H2,1-3H3. The number of hydrogen-bond donors (Lipinski definition) is 0. The molecule has 2 aliphatic carbocycles. The third-order valence-electron chi connectivity index (χ3n) is 4.45. The van der Waals surface area contributed by atoms with Crippen LogP contribution in [0, 0.1) is 29.6 Å². The third-order valence-corrected chi connectivity index (χ3v) is 4.45. The summed E-state index contributed by atoms with van der Waals surface area (Å²) in [7, 11) is 0. The van der Waals surface area contributed by atoms with Gasteiger partial charge in [-0.15, -0.1) is 0 Å². The van der Waals surface area contributed by atoms with Gasteiger partial charge in [-0.3, -0.25) is 0 Å². The average Bonchev–Trinajstić information content (AvgIpc) is 2.84. The van der Waals surface area contributed by atoms with E-state index in [9.17, 15) is 0 Å². The smallest absolute Gasteiger partial charge is 0.0324 e. The van der Waals surface area contributed by atoms with Crippen LogP contribution in [0.3, 0.4) is 0 Å². The van der Waals surface area contributed by atoms with Crippen molar-refractivity contribution < 1.29 is 0 Å². The molecule has 0 aromatic rings. The first-order valence-corrected chi connectivity index (χ1v) is 5.79. The van der Waals surface area contributed by atoms with Gasteiger partial charge in [0.05, 0.1) is 0 Å². The second-order valence-corrected chi connectivity index (χ2v) is 4.92. The van der Waals surface area contributed by atoms with Crippen molar-refractivity contribution in [2.24, 2.45) is 29.6 Å². The maximum absolute atomic E-state index is 2.47. The average molecular weight is 166 g/mol. The molecule has 2 atom stereocenters. The van der Waals surface area contributed by atoms with E-state index in [1.165, 1.54) is 12.8 Å². The van der Waals surface area contributed by atoms with Crippen LogP contribution in [0.4, 0.5) is 0 Å². The van der Waals surface area contributed by atoms with Crippen LogP contribution in [0.25, 0.3) is 0 Å². The van der Waals surface area contributed by atoms with Gasteiger partial charge in [-0.25, -0.2) is 0 Å². The maximum atomic E-state index is 2.47. The predicted octanol–water partition coefficient (Wildman–Crippen LogP) is 3.71. The lowest BCUT2D eigenvalue weighted by atomic mass is 9.54. The summed E-state index contributed by atoms with van der Waals surface area (Å²) in [5, 5.41) is 0. The van der Waals surface area contributed by atoms with Crippen molar-refractivity contribution in [1.82, 2.24) is 0 Å². The Morgan fingerprint density at radius 3 is 1.83 bits per heavy atom. The minimum Gasteiger partial charge on any atom is -0.0651 e. The van der Waals surface area contributed by atoms with Crippen molar-refractivity contribution in [3.8, 4) is 0 Å². The van der Waals surface area contributed by atoms with Crippen LogP contribution < -0.4 is 0 Å². The second kappa shape index (κ2) is 3.05. The van der Waals surface area contributed by atoms with E-state index >= 15 is 0 Å². The fourth-order valence-electron chi connectivity index (χ4n) is 3.66. The first-order chi connectivity index (χ1) is 5.79. The Morgan fingerprint density at radius 1 is 1.00 bits per heavy atom. The topological polar surface area (TPSA) is 0 Å². The zero-order valence-corrected chi connectivity index (χ0v) is 8.72. The van der Waals surface area contributed by atoms with E-state index in [1.807, 2.05) is 0 Å². The lowest BCUT2D eigenvalue weighted by Gasteiger charge is -2.51. The predicted molar refractivity (Wildman–Crippen MR) is 52.9 cm³/mol. The molecule has 0 aliphatic heterocycles. The molecule has 12 heavy (non-hydrogen) atoms. The highest BCUT2D eigenvalue weighted by Crippen LogP contribution is 2.58. The summed E-state index contributed by atoms with van der Waals surface area (Å²) >= 11 is 0. The third kappa shape index (κ3) is 1.11. The van der Waals surface area contributed by atoms with Crippen molar-refractivity contribution in [3.05, 3.63) is 0 Å². The first-order valence-electron chi connectivity index (χ1n) is 5.79. The molecule has 0 heterocycles. The largest absolute Gasteiger partial charge is 0.0651 e. The molecule has 0 nitrogen and oxygen atoms in total. The molecule has 0 heteroatoms. The van der Waals surface area contributed by atoms with Gasteiger partial charge < -0.3 is 0 Å². The summed E-state index contributed by atoms with van der Waals surface area (Å²) in [6, 6.07) is 0. The Balaban J connectivity index is 1.98. The van der Waals surface area contributed by atoms with E-state index in [-0.39, 0.29) is 0 Å². The first kappa shape index (κ1) is 8.59. The van der Waals surface area contributed by atoms with Gasteiger partial charge in [-0.2, -0.15) is 0 Å². The summed E-state index contributed by atoms with van der Waals surface area (Å²) < 4.78 is 0.